The molecule has 0 bridgehead atoms. The molecule has 174 valence electrons. The van der Waals surface area contributed by atoms with Gasteiger partial charge in [-0.25, -0.2) is 9.59 Å². The molecule has 1 aliphatic rings. The van der Waals surface area contributed by atoms with Crippen LogP contribution >= 0.6 is 0 Å². The average molecular weight is 454 g/mol. The molecule has 0 unspecified atom stereocenters. The maximum atomic E-state index is 12.9. The Morgan fingerprint density at radius 3 is 2.00 bits per heavy atom. The van der Waals surface area contributed by atoms with Gasteiger partial charge in [-0.3, -0.25) is 19.3 Å². The Kier molecular flexibility index (Phi) is 6.81. The summed E-state index contributed by atoms with van der Waals surface area (Å²) in [6.45, 7) is 7.75. The fraction of sp³-hybridized carbons (Fsp3) is 0.375. The lowest BCUT2D eigenvalue weighted by Crippen LogP contribution is -2.49. The maximum absolute atomic E-state index is 12.9. The molecule has 0 saturated carbocycles. The summed E-state index contributed by atoms with van der Waals surface area (Å²) < 4.78 is 10.3. The van der Waals surface area contributed by atoms with Crippen LogP contribution in [0, 0.1) is 19.8 Å². The fourth-order valence-electron chi connectivity index (χ4n) is 4.02. The number of rotatable bonds is 8. The van der Waals surface area contributed by atoms with E-state index in [4.69, 9.17) is 9.47 Å². The van der Waals surface area contributed by atoms with Crippen LogP contribution in [0.2, 0.25) is 0 Å². The number of aryl methyl sites for hydroxylation is 2. The first-order chi connectivity index (χ1) is 15.6. The molecule has 9 nitrogen and oxygen atoms in total. The summed E-state index contributed by atoms with van der Waals surface area (Å²) in [5, 5.41) is 0. The minimum Gasteiger partial charge on any atom is -0.462 e. The van der Waals surface area contributed by atoms with Crippen molar-refractivity contribution in [3.05, 3.63) is 57.9 Å². The number of carbonyl (C=O) groups excluding carboxylic acids is 5. The van der Waals surface area contributed by atoms with Gasteiger partial charge in [-0.05, 0) is 38.8 Å². The fourth-order valence-corrected chi connectivity index (χ4v) is 4.02. The Labute approximate surface area is 191 Å². The predicted octanol–water partition coefficient (Wildman–Crippen LogP) is 2.85. The number of esters is 2. The monoisotopic (exact) mass is 454 g/mol. The number of nitrogens with zero attached hydrogens (tertiary/aromatic N) is 1. The van der Waals surface area contributed by atoms with Crippen LogP contribution in [-0.4, -0.2) is 58.7 Å². The Bertz CT molecular complexity index is 1110. The van der Waals surface area contributed by atoms with Gasteiger partial charge < -0.3 is 14.5 Å². The van der Waals surface area contributed by atoms with Gasteiger partial charge in [0.25, 0.3) is 11.8 Å². The maximum Gasteiger partial charge on any atom is 0.340 e. The Morgan fingerprint density at radius 2 is 1.48 bits per heavy atom. The van der Waals surface area contributed by atoms with Crippen LogP contribution in [0.3, 0.4) is 0 Å². The number of aromatic amines is 1. The first-order valence-electron chi connectivity index (χ1n) is 10.6. The van der Waals surface area contributed by atoms with Gasteiger partial charge in [0.1, 0.15) is 6.04 Å². The SMILES string of the molecule is CCOC(=O)c1c(C)[nH]c(C)c1C(=O)COC(=O)[C@H](C(C)C)N1C(=O)c2ccccc2C1=O. The predicted molar refractivity (Wildman–Crippen MR) is 117 cm³/mol. The molecule has 1 aromatic heterocycles. The van der Waals surface area contributed by atoms with E-state index in [-0.39, 0.29) is 28.9 Å². The molecule has 9 heteroatoms. The summed E-state index contributed by atoms with van der Waals surface area (Å²) in [4.78, 5) is 67.6. The van der Waals surface area contributed by atoms with Crippen molar-refractivity contribution in [3.63, 3.8) is 0 Å². The third-order valence-corrected chi connectivity index (χ3v) is 5.46. The number of imide groups is 1. The zero-order chi connectivity index (χ0) is 24.4. The highest BCUT2D eigenvalue weighted by atomic mass is 16.5. The molecular weight excluding hydrogens is 428 g/mol. The molecule has 2 amide bonds. The number of hydrogen-bond acceptors (Lipinski definition) is 7. The number of ether oxygens (including phenoxy) is 2. The lowest BCUT2D eigenvalue weighted by molar-refractivity contribution is -0.148. The van der Waals surface area contributed by atoms with Crippen LogP contribution in [0.25, 0.3) is 0 Å². The van der Waals surface area contributed by atoms with Gasteiger partial charge in [0.2, 0.25) is 5.78 Å². The number of H-pyrrole nitrogens is 1. The summed E-state index contributed by atoms with van der Waals surface area (Å²) in [5.74, 6) is -3.76. The molecule has 1 N–H and O–H groups in total. The van der Waals surface area contributed by atoms with E-state index in [0.717, 1.165) is 4.90 Å². The van der Waals surface area contributed by atoms with E-state index in [9.17, 15) is 24.0 Å². The van der Waals surface area contributed by atoms with Crippen LogP contribution in [0.15, 0.2) is 24.3 Å². The average Bonchev–Trinajstić information content (AvgIpc) is 3.20. The third kappa shape index (κ3) is 4.30. The third-order valence-electron chi connectivity index (χ3n) is 5.46. The van der Waals surface area contributed by atoms with Crippen LogP contribution in [0.4, 0.5) is 0 Å². The molecule has 0 aliphatic carbocycles. The van der Waals surface area contributed by atoms with E-state index in [1.807, 2.05) is 0 Å². The number of amides is 2. The lowest BCUT2D eigenvalue weighted by atomic mass is 10.0. The highest BCUT2D eigenvalue weighted by Crippen LogP contribution is 2.28. The van der Waals surface area contributed by atoms with Crippen molar-refractivity contribution < 1.29 is 33.4 Å². The van der Waals surface area contributed by atoms with Crippen molar-refractivity contribution in [2.75, 3.05) is 13.2 Å². The van der Waals surface area contributed by atoms with Gasteiger partial charge in [0.05, 0.1) is 28.9 Å². The summed E-state index contributed by atoms with van der Waals surface area (Å²) in [6.07, 6.45) is 0. The molecular formula is C24H26N2O7. The van der Waals surface area contributed by atoms with Gasteiger partial charge in [0, 0.05) is 11.4 Å². The number of fused-ring (bicyclic) bond motifs is 1. The molecule has 0 fully saturated rings. The van der Waals surface area contributed by atoms with Gasteiger partial charge >= 0.3 is 11.9 Å². The van der Waals surface area contributed by atoms with E-state index in [0.29, 0.717) is 11.4 Å². The normalized spacial score (nSPS) is 13.8. The summed E-state index contributed by atoms with van der Waals surface area (Å²) in [7, 11) is 0. The standard InChI is InChI=1S/C24H26N2O7/c1-6-32-23(30)19-14(5)25-13(4)18(19)17(27)11-33-24(31)20(12(2)3)26-21(28)15-9-7-8-10-16(15)22(26)29/h7-10,12,20,25H,6,11H2,1-5H3/t20-/m0/s1. The quantitative estimate of drug-likeness (QED) is 0.370. The molecule has 3 rings (SSSR count). The van der Waals surface area contributed by atoms with Crippen molar-refractivity contribution in [1.29, 1.82) is 0 Å². The molecule has 1 aromatic carbocycles. The van der Waals surface area contributed by atoms with E-state index >= 15 is 0 Å². The van der Waals surface area contributed by atoms with Gasteiger partial charge in [-0.15, -0.1) is 0 Å². The number of ketones is 1. The topological polar surface area (TPSA) is 123 Å². The molecule has 0 radical (unpaired) electrons. The van der Waals surface area contributed by atoms with E-state index < -0.39 is 48.1 Å². The zero-order valence-corrected chi connectivity index (χ0v) is 19.2. The van der Waals surface area contributed by atoms with Crippen molar-refractivity contribution in [1.82, 2.24) is 9.88 Å². The van der Waals surface area contributed by atoms with Crippen LogP contribution in [-0.2, 0) is 14.3 Å². The molecule has 1 atom stereocenters. The Morgan fingerprint density at radius 1 is 0.939 bits per heavy atom. The van der Waals surface area contributed by atoms with Crippen LogP contribution < -0.4 is 0 Å². The second kappa shape index (κ2) is 9.40. The summed E-state index contributed by atoms with van der Waals surface area (Å²) in [6, 6.07) is 5.11. The molecule has 0 saturated heterocycles. The molecule has 2 aromatic rings. The minimum atomic E-state index is -1.20. The van der Waals surface area contributed by atoms with E-state index in [2.05, 4.69) is 4.98 Å². The number of Topliss-reactive ketones (excluding diaryl/α,β-unsaturated/α-hetero) is 1. The van der Waals surface area contributed by atoms with Gasteiger partial charge in [-0.1, -0.05) is 26.0 Å². The van der Waals surface area contributed by atoms with Gasteiger partial charge in [-0.2, -0.15) is 0 Å². The summed E-state index contributed by atoms with van der Waals surface area (Å²) in [5.41, 5.74) is 1.52. The molecule has 2 heterocycles. The minimum absolute atomic E-state index is 0.0839. The number of benzene rings is 1. The highest BCUT2D eigenvalue weighted by molar-refractivity contribution is 6.22. The highest BCUT2D eigenvalue weighted by Gasteiger charge is 2.44. The Balaban J connectivity index is 1.80. The first-order valence-corrected chi connectivity index (χ1v) is 10.6. The second-order valence-corrected chi connectivity index (χ2v) is 8.09. The number of aromatic nitrogens is 1. The second-order valence-electron chi connectivity index (χ2n) is 8.09. The van der Waals surface area contributed by atoms with Crippen molar-refractivity contribution in [2.24, 2.45) is 5.92 Å². The molecule has 1 aliphatic heterocycles. The first kappa shape index (κ1) is 23.9. The van der Waals surface area contributed by atoms with Crippen LogP contribution in [0.1, 0.15) is 73.6 Å². The van der Waals surface area contributed by atoms with Crippen LogP contribution in [0.5, 0.6) is 0 Å². The van der Waals surface area contributed by atoms with Crippen molar-refractivity contribution >= 4 is 29.5 Å². The summed E-state index contributed by atoms with van der Waals surface area (Å²) >= 11 is 0. The Hall–Kier alpha value is -3.75. The number of hydrogen-bond donors (Lipinski definition) is 1. The van der Waals surface area contributed by atoms with Gasteiger partial charge in [0.15, 0.2) is 6.61 Å². The lowest BCUT2D eigenvalue weighted by Gasteiger charge is -2.27. The smallest absolute Gasteiger partial charge is 0.340 e. The molecule has 33 heavy (non-hydrogen) atoms. The van der Waals surface area contributed by atoms with Crippen molar-refractivity contribution in [3.8, 4) is 0 Å². The number of carbonyl (C=O) groups is 5. The largest absolute Gasteiger partial charge is 0.462 e. The zero-order valence-electron chi connectivity index (χ0n) is 19.2. The molecule has 0 spiro atoms. The number of nitrogens with one attached hydrogen (secondary N) is 1. The van der Waals surface area contributed by atoms with E-state index in [1.54, 1.807) is 46.8 Å². The van der Waals surface area contributed by atoms with E-state index in [1.165, 1.54) is 12.1 Å². The van der Waals surface area contributed by atoms with Crippen molar-refractivity contribution in [2.45, 2.75) is 40.7 Å².